The van der Waals surface area contributed by atoms with E-state index in [1.807, 2.05) is 26.8 Å². The molecule has 4 nitrogen and oxygen atoms in total. The number of hydrogen-bond acceptors (Lipinski definition) is 3. The summed E-state index contributed by atoms with van der Waals surface area (Å²) in [6.07, 6.45) is 3.63. The van der Waals surface area contributed by atoms with Gasteiger partial charge in [0.2, 0.25) is 0 Å². The lowest BCUT2D eigenvalue weighted by Gasteiger charge is -2.05. The minimum atomic E-state index is 0.230. The minimum Gasteiger partial charge on any atom is -0.397 e. The maximum Gasteiger partial charge on any atom is 0.0901 e. The van der Waals surface area contributed by atoms with Gasteiger partial charge in [0.25, 0.3) is 0 Å². The molecular weight excluding hydrogens is 152 g/mol. The average Bonchev–Trinajstić information content (AvgIpc) is 1.99. The van der Waals surface area contributed by atoms with Crippen molar-refractivity contribution in [3.8, 4) is 0 Å². The van der Waals surface area contributed by atoms with Gasteiger partial charge in [-0.3, -0.25) is 0 Å². The highest BCUT2D eigenvalue weighted by molar-refractivity contribution is 5.22. The zero-order valence-electron chi connectivity index (χ0n) is 7.78. The number of rotatable bonds is 3. The molecule has 0 aliphatic heterocycles. The summed E-state index contributed by atoms with van der Waals surface area (Å²) in [5.74, 6) is 5.18. The summed E-state index contributed by atoms with van der Waals surface area (Å²) in [5, 5.41) is 6.96. The summed E-state index contributed by atoms with van der Waals surface area (Å²) in [5.41, 5.74) is 7.03. The van der Waals surface area contributed by atoms with E-state index in [9.17, 15) is 0 Å². The third-order valence-electron chi connectivity index (χ3n) is 1.35. The average molecular weight is 168 g/mol. The van der Waals surface area contributed by atoms with Crippen molar-refractivity contribution in [1.29, 1.82) is 0 Å². The molecule has 0 bridgehead atoms. The maximum absolute atomic E-state index is 5.70. The second-order valence-electron chi connectivity index (χ2n) is 2.71. The molecule has 0 fully saturated rings. The third-order valence-corrected chi connectivity index (χ3v) is 1.35. The largest absolute Gasteiger partial charge is 0.397 e. The second kappa shape index (κ2) is 5.35. The first kappa shape index (κ1) is 10.7. The van der Waals surface area contributed by atoms with Crippen LogP contribution in [0.1, 0.15) is 20.8 Å². The van der Waals surface area contributed by atoms with E-state index in [0.717, 1.165) is 5.70 Å². The predicted molar refractivity (Wildman–Crippen MR) is 49.9 cm³/mol. The Balaban J connectivity index is 4.79. The molecule has 68 valence electrons. The highest BCUT2D eigenvalue weighted by atomic mass is 15.3. The van der Waals surface area contributed by atoms with E-state index in [1.165, 1.54) is 0 Å². The Morgan fingerprint density at radius 2 is 2.00 bits per heavy atom. The van der Waals surface area contributed by atoms with E-state index >= 15 is 0 Å². The first-order valence-electron chi connectivity index (χ1n) is 3.86. The number of hydrogen-bond donors (Lipinski definition) is 2. The van der Waals surface area contributed by atoms with Crippen molar-refractivity contribution in [2.45, 2.75) is 20.8 Å². The first-order chi connectivity index (χ1) is 5.63. The fourth-order valence-electron chi connectivity index (χ4n) is 0.834. The highest BCUT2D eigenvalue weighted by Gasteiger charge is 2.04. The molecule has 0 aromatic carbocycles. The van der Waals surface area contributed by atoms with Crippen LogP contribution in [0.15, 0.2) is 33.9 Å². The van der Waals surface area contributed by atoms with Crippen molar-refractivity contribution in [2.24, 2.45) is 27.8 Å². The van der Waals surface area contributed by atoms with Crippen molar-refractivity contribution in [3.63, 3.8) is 0 Å². The van der Waals surface area contributed by atoms with Crippen LogP contribution in [0.4, 0.5) is 0 Å². The Labute approximate surface area is 73.0 Å². The van der Waals surface area contributed by atoms with Crippen LogP contribution in [0.2, 0.25) is 0 Å². The lowest BCUT2D eigenvalue weighted by Crippen LogP contribution is -2.03. The SMILES string of the molecule is C/C=C\C(N)=C(/N=NN)C(C)C. The monoisotopic (exact) mass is 168 g/mol. The number of allylic oxidation sites excluding steroid dienone is 3. The summed E-state index contributed by atoms with van der Waals surface area (Å²) in [4.78, 5) is 0. The summed E-state index contributed by atoms with van der Waals surface area (Å²) >= 11 is 0. The second-order valence-corrected chi connectivity index (χ2v) is 2.71. The molecule has 0 radical (unpaired) electrons. The normalized spacial score (nSPS) is 14.7. The molecule has 12 heavy (non-hydrogen) atoms. The molecule has 0 unspecified atom stereocenters. The Morgan fingerprint density at radius 3 is 2.33 bits per heavy atom. The van der Waals surface area contributed by atoms with Crippen LogP contribution < -0.4 is 11.6 Å². The zero-order chi connectivity index (χ0) is 9.56. The molecule has 0 amide bonds. The van der Waals surface area contributed by atoms with E-state index in [4.69, 9.17) is 11.6 Å². The minimum absolute atomic E-state index is 0.230. The molecular formula is C8H16N4. The van der Waals surface area contributed by atoms with Crippen molar-refractivity contribution in [2.75, 3.05) is 0 Å². The Hall–Kier alpha value is -1.32. The molecule has 0 aromatic rings. The maximum atomic E-state index is 5.70. The standard InChI is InChI=1S/C8H16N4/c1-4-5-7(9)8(6(2)3)11-12-10/h4-6H,9H2,1-3H3,(H2,10,11)/b5-4-,8-7+. The van der Waals surface area contributed by atoms with Crippen molar-refractivity contribution >= 4 is 0 Å². The molecule has 0 rings (SSSR count). The van der Waals surface area contributed by atoms with E-state index in [0.29, 0.717) is 5.70 Å². The van der Waals surface area contributed by atoms with Crippen molar-refractivity contribution in [1.82, 2.24) is 0 Å². The summed E-state index contributed by atoms with van der Waals surface area (Å²) in [6.45, 7) is 5.87. The Kier molecular flexibility index (Phi) is 4.76. The molecule has 4 heteroatoms. The zero-order valence-corrected chi connectivity index (χ0v) is 7.78. The molecule has 0 aliphatic carbocycles. The summed E-state index contributed by atoms with van der Waals surface area (Å²) < 4.78 is 0. The van der Waals surface area contributed by atoms with Gasteiger partial charge in [-0.05, 0) is 18.9 Å². The van der Waals surface area contributed by atoms with Crippen LogP contribution in [-0.4, -0.2) is 0 Å². The van der Waals surface area contributed by atoms with Gasteiger partial charge in [-0.25, -0.2) is 0 Å². The smallest absolute Gasteiger partial charge is 0.0901 e. The number of nitrogens with zero attached hydrogens (tertiary/aromatic N) is 2. The highest BCUT2D eigenvalue weighted by Crippen LogP contribution is 2.14. The van der Waals surface area contributed by atoms with Crippen LogP contribution in [-0.2, 0) is 0 Å². The fraction of sp³-hybridized carbons (Fsp3) is 0.500. The number of nitrogens with two attached hydrogens (primary N) is 2. The van der Waals surface area contributed by atoms with E-state index in [1.54, 1.807) is 6.08 Å². The topological polar surface area (TPSA) is 76.8 Å². The van der Waals surface area contributed by atoms with Gasteiger partial charge in [0, 0.05) is 0 Å². The molecule has 0 spiro atoms. The van der Waals surface area contributed by atoms with Gasteiger partial charge in [-0.1, -0.05) is 25.1 Å². The third kappa shape index (κ3) is 3.18. The van der Waals surface area contributed by atoms with Crippen LogP contribution in [0.3, 0.4) is 0 Å². The Morgan fingerprint density at radius 1 is 1.42 bits per heavy atom. The lowest BCUT2D eigenvalue weighted by atomic mass is 10.1. The molecule has 0 heterocycles. The molecule has 0 saturated carbocycles. The summed E-state index contributed by atoms with van der Waals surface area (Å²) in [7, 11) is 0. The van der Waals surface area contributed by atoms with E-state index < -0.39 is 0 Å². The van der Waals surface area contributed by atoms with Gasteiger partial charge in [0.15, 0.2) is 0 Å². The van der Waals surface area contributed by atoms with E-state index in [2.05, 4.69) is 10.3 Å². The van der Waals surface area contributed by atoms with Gasteiger partial charge >= 0.3 is 0 Å². The van der Waals surface area contributed by atoms with Crippen LogP contribution in [0, 0.1) is 5.92 Å². The molecule has 4 N–H and O–H groups in total. The quantitative estimate of drug-likeness (QED) is 0.291. The fourth-order valence-corrected chi connectivity index (χ4v) is 0.834. The molecule has 0 saturated heterocycles. The molecule has 0 atom stereocenters. The lowest BCUT2D eigenvalue weighted by molar-refractivity contribution is 0.722. The van der Waals surface area contributed by atoms with Crippen LogP contribution in [0.25, 0.3) is 0 Å². The van der Waals surface area contributed by atoms with Gasteiger partial charge in [0.1, 0.15) is 0 Å². The van der Waals surface area contributed by atoms with Crippen LogP contribution in [0.5, 0.6) is 0 Å². The van der Waals surface area contributed by atoms with Gasteiger partial charge in [-0.2, -0.15) is 0 Å². The van der Waals surface area contributed by atoms with Gasteiger partial charge < -0.3 is 11.6 Å². The molecule has 0 aliphatic rings. The van der Waals surface area contributed by atoms with Crippen LogP contribution >= 0.6 is 0 Å². The predicted octanol–water partition coefficient (Wildman–Crippen LogP) is 1.71. The van der Waals surface area contributed by atoms with Crippen molar-refractivity contribution < 1.29 is 0 Å². The molecule has 0 aromatic heterocycles. The first-order valence-corrected chi connectivity index (χ1v) is 3.86. The van der Waals surface area contributed by atoms with Gasteiger partial charge in [-0.15, -0.1) is 5.11 Å². The summed E-state index contributed by atoms with van der Waals surface area (Å²) in [6, 6.07) is 0. The van der Waals surface area contributed by atoms with Crippen molar-refractivity contribution in [3.05, 3.63) is 23.5 Å². The van der Waals surface area contributed by atoms with Gasteiger partial charge in [0.05, 0.1) is 11.4 Å². The Bertz CT molecular complexity index is 213. The van der Waals surface area contributed by atoms with E-state index in [-0.39, 0.29) is 5.92 Å².